The van der Waals surface area contributed by atoms with Crippen molar-refractivity contribution in [3.05, 3.63) is 48.0 Å². The molecule has 2 aromatic rings. The zero-order valence-electron chi connectivity index (χ0n) is 16.2. The van der Waals surface area contributed by atoms with E-state index in [1.165, 1.54) is 0 Å². The summed E-state index contributed by atoms with van der Waals surface area (Å²) in [5.41, 5.74) is 1.89. The number of nitrogens with one attached hydrogen (secondary N) is 2. The van der Waals surface area contributed by atoms with E-state index in [9.17, 15) is 0 Å². The zero-order chi connectivity index (χ0) is 18.8. The second kappa shape index (κ2) is 12.3. The van der Waals surface area contributed by atoms with Crippen LogP contribution < -0.4 is 24.8 Å². The van der Waals surface area contributed by atoms with E-state index in [1.807, 2.05) is 56.3 Å². The minimum absolute atomic E-state index is 0. The summed E-state index contributed by atoms with van der Waals surface area (Å²) in [6.07, 6.45) is 0. The second-order valence-corrected chi connectivity index (χ2v) is 5.43. The molecule has 2 aromatic carbocycles. The van der Waals surface area contributed by atoms with Crippen molar-refractivity contribution in [2.75, 3.05) is 32.7 Å². The van der Waals surface area contributed by atoms with Crippen molar-refractivity contribution in [3.63, 3.8) is 0 Å². The van der Waals surface area contributed by atoms with Gasteiger partial charge in [0.2, 0.25) is 0 Å². The minimum Gasteiger partial charge on any atom is -0.496 e. The molecule has 148 valence electrons. The monoisotopic (exact) mass is 485 g/mol. The maximum absolute atomic E-state index is 5.55. The normalized spacial score (nSPS) is 10.6. The van der Waals surface area contributed by atoms with Gasteiger partial charge in [-0.3, -0.25) is 0 Å². The maximum Gasteiger partial charge on any atom is 0.196 e. The van der Waals surface area contributed by atoms with Crippen LogP contribution in [0.4, 0.5) is 5.69 Å². The van der Waals surface area contributed by atoms with Crippen LogP contribution >= 0.6 is 24.0 Å². The predicted octanol–water partition coefficient (Wildman–Crippen LogP) is 4.30. The Kier molecular flexibility index (Phi) is 10.4. The quantitative estimate of drug-likeness (QED) is 0.332. The van der Waals surface area contributed by atoms with Gasteiger partial charge in [0, 0.05) is 23.9 Å². The first kappa shape index (κ1) is 22.9. The first-order valence-corrected chi connectivity index (χ1v) is 8.69. The van der Waals surface area contributed by atoms with Gasteiger partial charge in [-0.15, -0.1) is 24.0 Å². The predicted molar refractivity (Wildman–Crippen MR) is 121 cm³/mol. The van der Waals surface area contributed by atoms with Crippen LogP contribution in [0.3, 0.4) is 0 Å². The van der Waals surface area contributed by atoms with Gasteiger partial charge in [-0.25, -0.2) is 4.99 Å². The molecule has 0 aliphatic rings. The van der Waals surface area contributed by atoms with Gasteiger partial charge in [0.1, 0.15) is 5.75 Å². The third-order valence-corrected chi connectivity index (χ3v) is 3.67. The van der Waals surface area contributed by atoms with Gasteiger partial charge in [-0.1, -0.05) is 18.2 Å². The number of halogens is 1. The second-order valence-electron chi connectivity index (χ2n) is 5.43. The summed E-state index contributed by atoms with van der Waals surface area (Å²) in [5.74, 6) is 2.91. The van der Waals surface area contributed by atoms with Crippen molar-refractivity contribution in [3.8, 4) is 17.2 Å². The van der Waals surface area contributed by atoms with E-state index in [0.29, 0.717) is 24.9 Å². The number of guanidine groups is 1. The first-order valence-electron chi connectivity index (χ1n) is 8.69. The Morgan fingerprint density at radius 2 is 1.70 bits per heavy atom. The average Bonchev–Trinajstić information content (AvgIpc) is 2.67. The Morgan fingerprint density at radius 3 is 2.37 bits per heavy atom. The number of nitrogens with zero attached hydrogens (tertiary/aromatic N) is 1. The van der Waals surface area contributed by atoms with Crippen LogP contribution in [-0.4, -0.2) is 33.3 Å². The Balaban J connectivity index is 0.00000364. The Bertz CT molecular complexity index is 738. The molecule has 7 heteroatoms. The van der Waals surface area contributed by atoms with E-state index in [0.717, 1.165) is 29.3 Å². The number of anilines is 1. The highest BCUT2D eigenvalue weighted by Crippen LogP contribution is 2.30. The van der Waals surface area contributed by atoms with E-state index in [2.05, 4.69) is 15.6 Å². The topological polar surface area (TPSA) is 64.1 Å². The van der Waals surface area contributed by atoms with Crippen LogP contribution in [-0.2, 0) is 6.54 Å². The van der Waals surface area contributed by atoms with E-state index < -0.39 is 0 Å². The van der Waals surface area contributed by atoms with Crippen LogP contribution in [0.25, 0.3) is 0 Å². The highest BCUT2D eigenvalue weighted by molar-refractivity contribution is 14.0. The van der Waals surface area contributed by atoms with Gasteiger partial charge >= 0.3 is 0 Å². The molecule has 2 N–H and O–H groups in total. The molecular formula is C20H28IN3O3. The van der Waals surface area contributed by atoms with E-state index in [-0.39, 0.29) is 24.0 Å². The van der Waals surface area contributed by atoms with Crippen molar-refractivity contribution in [1.29, 1.82) is 0 Å². The molecule has 0 saturated heterocycles. The number of ether oxygens (including phenoxy) is 3. The Hall–Kier alpha value is -2.16. The number of methoxy groups -OCH3 is 2. The summed E-state index contributed by atoms with van der Waals surface area (Å²) in [5, 5.41) is 6.54. The Labute approximate surface area is 178 Å². The molecule has 6 nitrogen and oxygen atoms in total. The molecule has 0 fully saturated rings. The van der Waals surface area contributed by atoms with Gasteiger partial charge < -0.3 is 24.8 Å². The fourth-order valence-corrected chi connectivity index (χ4v) is 2.46. The molecule has 0 bridgehead atoms. The van der Waals surface area contributed by atoms with Crippen LogP contribution in [0.5, 0.6) is 17.2 Å². The van der Waals surface area contributed by atoms with E-state index in [4.69, 9.17) is 14.2 Å². The number of aliphatic imine (C=N–C) groups is 1. The van der Waals surface area contributed by atoms with Gasteiger partial charge in [0.05, 0.1) is 27.4 Å². The molecule has 0 aromatic heterocycles. The summed E-state index contributed by atoms with van der Waals surface area (Å²) in [6.45, 7) is 5.82. The summed E-state index contributed by atoms with van der Waals surface area (Å²) >= 11 is 0. The molecule has 0 heterocycles. The number of rotatable bonds is 8. The summed E-state index contributed by atoms with van der Waals surface area (Å²) < 4.78 is 16.3. The van der Waals surface area contributed by atoms with Crippen LogP contribution in [0.2, 0.25) is 0 Å². The standard InChI is InChI=1S/C20H27N3O3.HI/c1-5-21-20(22-14-15-9-7-8-10-17(15)24-3)23-16-11-12-18(26-6-2)19(13-16)25-4;/h7-13H,5-6,14H2,1-4H3,(H2,21,22,23);1H. The maximum atomic E-state index is 5.55. The van der Waals surface area contributed by atoms with Gasteiger partial charge in [-0.05, 0) is 32.0 Å². The number of hydrogen-bond donors (Lipinski definition) is 2. The third kappa shape index (κ3) is 6.82. The van der Waals surface area contributed by atoms with Gasteiger partial charge in [0.15, 0.2) is 17.5 Å². The molecule has 0 aliphatic carbocycles. The lowest BCUT2D eigenvalue weighted by molar-refractivity contribution is 0.311. The molecule has 2 rings (SSSR count). The lowest BCUT2D eigenvalue weighted by Crippen LogP contribution is -2.30. The Morgan fingerprint density at radius 1 is 0.963 bits per heavy atom. The molecule has 27 heavy (non-hydrogen) atoms. The number of benzene rings is 2. The SMILES string of the molecule is CCNC(=NCc1ccccc1OC)Nc1ccc(OCC)c(OC)c1.I. The number of para-hydroxylation sites is 1. The first-order chi connectivity index (χ1) is 12.7. The van der Waals surface area contributed by atoms with Crippen molar-refractivity contribution >= 4 is 35.6 Å². The zero-order valence-corrected chi connectivity index (χ0v) is 18.6. The lowest BCUT2D eigenvalue weighted by atomic mass is 10.2. The smallest absolute Gasteiger partial charge is 0.196 e. The lowest BCUT2D eigenvalue weighted by Gasteiger charge is -2.14. The summed E-state index contributed by atoms with van der Waals surface area (Å²) in [4.78, 5) is 4.64. The highest BCUT2D eigenvalue weighted by atomic mass is 127. The van der Waals surface area contributed by atoms with Gasteiger partial charge in [0.25, 0.3) is 0 Å². The van der Waals surface area contributed by atoms with Crippen molar-refractivity contribution in [2.45, 2.75) is 20.4 Å². The molecular weight excluding hydrogens is 457 g/mol. The molecule has 0 amide bonds. The van der Waals surface area contributed by atoms with Crippen molar-refractivity contribution < 1.29 is 14.2 Å². The van der Waals surface area contributed by atoms with Crippen molar-refractivity contribution in [1.82, 2.24) is 5.32 Å². The summed E-state index contributed by atoms with van der Waals surface area (Å²) in [6, 6.07) is 13.6. The fraction of sp³-hybridized carbons (Fsp3) is 0.350. The van der Waals surface area contributed by atoms with E-state index >= 15 is 0 Å². The molecule has 0 spiro atoms. The molecule has 0 radical (unpaired) electrons. The number of hydrogen-bond acceptors (Lipinski definition) is 4. The largest absolute Gasteiger partial charge is 0.496 e. The van der Waals surface area contributed by atoms with Crippen LogP contribution in [0.1, 0.15) is 19.4 Å². The van der Waals surface area contributed by atoms with Crippen molar-refractivity contribution in [2.24, 2.45) is 4.99 Å². The minimum atomic E-state index is 0. The molecule has 0 atom stereocenters. The highest BCUT2D eigenvalue weighted by Gasteiger charge is 2.07. The van der Waals surface area contributed by atoms with Crippen LogP contribution in [0, 0.1) is 0 Å². The van der Waals surface area contributed by atoms with Gasteiger partial charge in [-0.2, -0.15) is 0 Å². The summed E-state index contributed by atoms with van der Waals surface area (Å²) in [7, 11) is 3.29. The fourth-order valence-electron chi connectivity index (χ4n) is 2.46. The third-order valence-electron chi connectivity index (χ3n) is 3.67. The molecule has 0 aliphatic heterocycles. The molecule has 0 saturated carbocycles. The van der Waals surface area contributed by atoms with Crippen LogP contribution in [0.15, 0.2) is 47.5 Å². The average molecular weight is 485 g/mol. The molecule has 0 unspecified atom stereocenters. The van der Waals surface area contributed by atoms with E-state index in [1.54, 1.807) is 14.2 Å².